The van der Waals surface area contributed by atoms with Crippen LogP contribution in [0.1, 0.15) is 5.69 Å². The van der Waals surface area contributed by atoms with Gasteiger partial charge in [-0.3, -0.25) is 4.99 Å². The number of aromatic nitrogens is 2. The quantitative estimate of drug-likeness (QED) is 0.490. The maximum absolute atomic E-state index is 4.09. The molecule has 2 heterocycles. The van der Waals surface area contributed by atoms with Crippen molar-refractivity contribution in [2.45, 2.75) is 13.1 Å². The van der Waals surface area contributed by atoms with Gasteiger partial charge in [0.05, 0.1) is 6.33 Å². The Bertz CT molecular complexity index is 214. The van der Waals surface area contributed by atoms with Crippen LogP contribution in [0.4, 0.5) is 0 Å². The Morgan fingerprint density at radius 1 is 1.56 bits per heavy atom. The molecule has 0 saturated carbocycles. The molecule has 0 spiro atoms. The van der Waals surface area contributed by atoms with Crippen molar-refractivity contribution < 1.29 is 0 Å². The molecule has 1 aliphatic heterocycles. The van der Waals surface area contributed by atoms with Crippen LogP contribution in [0.15, 0.2) is 17.5 Å². The van der Waals surface area contributed by atoms with E-state index in [-0.39, 0.29) is 0 Å². The molecular weight excluding hydrogens is 114 g/mol. The fourth-order valence-corrected chi connectivity index (χ4v) is 0.949. The van der Waals surface area contributed by atoms with Crippen LogP contribution in [0.5, 0.6) is 0 Å². The van der Waals surface area contributed by atoms with E-state index in [4.69, 9.17) is 0 Å². The average Bonchev–Trinajstić information content (AvgIpc) is 2.33. The van der Waals surface area contributed by atoms with E-state index in [2.05, 4.69) is 9.98 Å². The molecular formula is C6H7N3. The zero-order chi connectivity index (χ0) is 6.10. The molecule has 46 valence electrons. The molecule has 3 nitrogen and oxygen atoms in total. The van der Waals surface area contributed by atoms with Gasteiger partial charge in [0.15, 0.2) is 0 Å². The van der Waals surface area contributed by atoms with Crippen LogP contribution in [-0.4, -0.2) is 15.8 Å². The fraction of sp³-hybridized carbons (Fsp3) is 0.333. The fourth-order valence-electron chi connectivity index (χ4n) is 0.949. The summed E-state index contributed by atoms with van der Waals surface area (Å²) in [7, 11) is 0. The van der Waals surface area contributed by atoms with Crippen molar-refractivity contribution in [3.8, 4) is 0 Å². The van der Waals surface area contributed by atoms with Crippen LogP contribution in [0, 0.1) is 0 Å². The van der Waals surface area contributed by atoms with Crippen molar-refractivity contribution >= 4 is 6.21 Å². The van der Waals surface area contributed by atoms with Gasteiger partial charge < -0.3 is 4.57 Å². The highest BCUT2D eigenvalue weighted by molar-refractivity contribution is 5.61. The lowest BCUT2D eigenvalue weighted by Crippen LogP contribution is -2.05. The molecule has 0 atom stereocenters. The van der Waals surface area contributed by atoms with Gasteiger partial charge in [-0.2, -0.15) is 0 Å². The standard InChI is InChI=1S/C6H7N3/c1-2-7-4-9-5-8-3-6(1)9/h2-3,5H,1,4H2. The van der Waals surface area contributed by atoms with Crippen molar-refractivity contribution in [1.82, 2.24) is 9.55 Å². The van der Waals surface area contributed by atoms with E-state index in [1.54, 1.807) is 0 Å². The number of rotatable bonds is 0. The first-order valence-electron chi connectivity index (χ1n) is 2.94. The predicted octanol–water partition coefficient (Wildman–Crippen LogP) is 0.467. The average molecular weight is 121 g/mol. The lowest BCUT2D eigenvalue weighted by Gasteiger charge is -2.05. The summed E-state index contributed by atoms with van der Waals surface area (Å²) in [4.78, 5) is 8.08. The summed E-state index contributed by atoms with van der Waals surface area (Å²) in [5.41, 5.74) is 1.25. The maximum Gasteiger partial charge on any atom is 0.115 e. The highest BCUT2D eigenvalue weighted by atomic mass is 15.1. The Hall–Kier alpha value is -1.12. The molecule has 1 aliphatic rings. The van der Waals surface area contributed by atoms with Gasteiger partial charge in [0.25, 0.3) is 0 Å². The second kappa shape index (κ2) is 1.69. The van der Waals surface area contributed by atoms with Crippen LogP contribution in [0.3, 0.4) is 0 Å². The van der Waals surface area contributed by atoms with Gasteiger partial charge in [0.1, 0.15) is 6.67 Å². The molecule has 0 N–H and O–H groups in total. The first-order valence-corrected chi connectivity index (χ1v) is 2.94. The number of hydrogen-bond donors (Lipinski definition) is 0. The largest absolute Gasteiger partial charge is 0.314 e. The van der Waals surface area contributed by atoms with Crippen LogP contribution < -0.4 is 0 Å². The van der Waals surface area contributed by atoms with E-state index in [1.807, 2.05) is 23.3 Å². The Morgan fingerprint density at radius 2 is 2.56 bits per heavy atom. The second-order valence-corrected chi connectivity index (χ2v) is 2.07. The van der Waals surface area contributed by atoms with Crippen LogP contribution in [0.25, 0.3) is 0 Å². The monoisotopic (exact) mass is 121 g/mol. The first-order chi connectivity index (χ1) is 4.47. The molecule has 0 amide bonds. The van der Waals surface area contributed by atoms with Gasteiger partial charge in [0, 0.05) is 24.5 Å². The van der Waals surface area contributed by atoms with Gasteiger partial charge in [-0.15, -0.1) is 0 Å². The molecule has 0 aliphatic carbocycles. The summed E-state index contributed by atoms with van der Waals surface area (Å²) in [5, 5.41) is 0. The smallest absolute Gasteiger partial charge is 0.115 e. The minimum absolute atomic E-state index is 0.745. The third kappa shape index (κ3) is 0.650. The second-order valence-electron chi connectivity index (χ2n) is 2.07. The van der Waals surface area contributed by atoms with Gasteiger partial charge in [-0.05, 0) is 0 Å². The highest BCUT2D eigenvalue weighted by Gasteiger charge is 2.01. The summed E-state index contributed by atoms with van der Waals surface area (Å²) in [6, 6.07) is 0. The predicted molar refractivity (Wildman–Crippen MR) is 34.4 cm³/mol. The normalized spacial score (nSPS) is 15.6. The Morgan fingerprint density at radius 3 is 3.44 bits per heavy atom. The summed E-state index contributed by atoms with van der Waals surface area (Å²) in [6.45, 7) is 0.745. The molecule has 1 aromatic rings. The first kappa shape index (κ1) is 4.73. The Labute approximate surface area is 53.1 Å². The molecule has 1 aromatic heterocycles. The number of fused-ring (bicyclic) bond motifs is 1. The van der Waals surface area contributed by atoms with E-state index in [1.165, 1.54) is 5.69 Å². The Kier molecular flexibility index (Phi) is 0.886. The van der Waals surface area contributed by atoms with Crippen LogP contribution in [0.2, 0.25) is 0 Å². The molecule has 2 rings (SSSR count). The molecule has 0 fully saturated rings. The lowest BCUT2D eigenvalue weighted by atomic mass is 10.3. The summed E-state index contributed by atoms with van der Waals surface area (Å²) >= 11 is 0. The summed E-state index contributed by atoms with van der Waals surface area (Å²) in [6.07, 6.45) is 6.55. The number of hydrogen-bond acceptors (Lipinski definition) is 2. The number of aliphatic imine (C=N–C) groups is 1. The molecule has 0 radical (unpaired) electrons. The maximum atomic E-state index is 4.09. The topological polar surface area (TPSA) is 30.2 Å². The van der Waals surface area contributed by atoms with Gasteiger partial charge >= 0.3 is 0 Å². The third-order valence-electron chi connectivity index (χ3n) is 1.46. The van der Waals surface area contributed by atoms with Gasteiger partial charge in [-0.25, -0.2) is 4.98 Å². The van der Waals surface area contributed by atoms with Crippen molar-refractivity contribution in [2.24, 2.45) is 4.99 Å². The van der Waals surface area contributed by atoms with E-state index >= 15 is 0 Å². The van der Waals surface area contributed by atoms with Crippen molar-refractivity contribution in [2.75, 3.05) is 0 Å². The number of imidazole rings is 1. The van der Waals surface area contributed by atoms with Crippen molar-refractivity contribution in [3.63, 3.8) is 0 Å². The molecule has 0 aromatic carbocycles. The minimum Gasteiger partial charge on any atom is -0.314 e. The van der Waals surface area contributed by atoms with E-state index in [9.17, 15) is 0 Å². The molecule has 0 unspecified atom stereocenters. The van der Waals surface area contributed by atoms with E-state index in [0.29, 0.717) is 0 Å². The van der Waals surface area contributed by atoms with Crippen LogP contribution >= 0.6 is 0 Å². The Balaban J connectivity index is 2.46. The molecule has 9 heavy (non-hydrogen) atoms. The van der Waals surface area contributed by atoms with Gasteiger partial charge in [-0.1, -0.05) is 0 Å². The SMILES string of the molecule is C1=NCn2cncc2C1. The van der Waals surface area contributed by atoms with Crippen molar-refractivity contribution in [3.05, 3.63) is 18.2 Å². The highest BCUT2D eigenvalue weighted by Crippen LogP contribution is 2.02. The minimum atomic E-state index is 0.745. The van der Waals surface area contributed by atoms with E-state index in [0.717, 1.165) is 13.1 Å². The summed E-state index contributed by atoms with van der Waals surface area (Å²) in [5.74, 6) is 0. The van der Waals surface area contributed by atoms with Gasteiger partial charge in [0.2, 0.25) is 0 Å². The van der Waals surface area contributed by atoms with E-state index < -0.39 is 0 Å². The lowest BCUT2D eigenvalue weighted by molar-refractivity contribution is 0.689. The number of nitrogens with zero attached hydrogens (tertiary/aromatic N) is 3. The zero-order valence-corrected chi connectivity index (χ0v) is 4.99. The summed E-state index contributed by atoms with van der Waals surface area (Å²) < 4.78 is 2.04. The van der Waals surface area contributed by atoms with Crippen LogP contribution in [-0.2, 0) is 13.1 Å². The third-order valence-corrected chi connectivity index (χ3v) is 1.46. The zero-order valence-electron chi connectivity index (χ0n) is 4.99. The molecule has 3 heteroatoms. The van der Waals surface area contributed by atoms with Crippen molar-refractivity contribution in [1.29, 1.82) is 0 Å². The molecule has 0 bridgehead atoms. The molecule has 0 saturated heterocycles.